The van der Waals surface area contributed by atoms with Crippen molar-refractivity contribution in [2.75, 3.05) is 19.0 Å². The number of anilines is 1. The first kappa shape index (κ1) is 14.4. The minimum atomic E-state index is 0.502. The number of halogens is 2. The number of nitrogens with one attached hydrogen (secondary N) is 1. The highest BCUT2D eigenvalue weighted by atomic mass is 35.5. The predicted octanol–water partition coefficient (Wildman–Crippen LogP) is 3.90. The fraction of sp³-hybridized carbons (Fsp3) is 0.333. The third-order valence-corrected chi connectivity index (χ3v) is 4.12. The van der Waals surface area contributed by atoms with E-state index in [1.54, 1.807) is 29.5 Å². The van der Waals surface area contributed by atoms with Gasteiger partial charge in [-0.3, -0.25) is 0 Å². The van der Waals surface area contributed by atoms with Gasteiger partial charge in [-0.05, 0) is 18.6 Å². The molecule has 1 N–H and O–H groups in total. The summed E-state index contributed by atoms with van der Waals surface area (Å²) in [5.74, 6) is 0.725. The minimum absolute atomic E-state index is 0.502. The lowest BCUT2D eigenvalue weighted by molar-refractivity contribution is 0.311. The van der Waals surface area contributed by atoms with E-state index in [1.165, 1.54) is 0 Å². The van der Waals surface area contributed by atoms with Gasteiger partial charge in [0.2, 0.25) is 5.13 Å². The van der Waals surface area contributed by atoms with Crippen LogP contribution in [0.3, 0.4) is 0 Å². The number of aromatic nitrogens is 2. The van der Waals surface area contributed by atoms with Crippen molar-refractivity contribution in [2.45, 2.75) is 12.8 Å². The topological polar surface area (TPSA) is 47.0 Å². The first-order valence-electron chi connectivity index (χ1n) is 5.77. The molecule has 0 spiro atoms. The van der Waals surface area contributed by atoms with Gasteiger partial charge >= 0.3 is 0 Å². The Bertz CT molecular complexity index is 548. The van der Waals surface area contributed by atoms with Gasteiger partial charge in [0.1, 0.15) is 10.8 Å². The molecule has 1 aromatic heterocycles. The van der Waals surface area contributed by atoms with Gasteiger partial charge in [0.05, 0.1) is 16.7 Å². The fourth-order valence-corrected chi connectivity index (χ4v) is 2.46. The summed E-state index contributed by atoms with van der Waals surface area (Å²) in [5, 5.41) is 13.9. The van der Waals surface area contributed by atoms with E-state index >= 15 is 0 Å². The summed E-state index contributed by atoms with van der Waals surface area (Å²) < 4.78 is 5.59. The van der Waals surface area contributed by atoms with Gasteiger partial charge in [-0.25, -0.2) is 0 Å². The van der Waals surface area contributed by atoms with Crippen molar-refractivity contribution in [1.82, 2.24) is 10.2 Å². The molecule has 0 radical (unpaired) electrons. The Morgan fingerprint density at radius 3 is 2.79 bits per heavy atom. The van der Waals surface area contributed by atoms with Crippen LogP contribution in [0.2, 0.25) is 10.0 Å². The molecular weight excluding hydrogens is 305 g/mol. The van der Waals surface area contributed by atoms with Crippen LogP contribution < -0.4 is 10.1 Å². The molecule has 0 amide bonds. The molecule has 1 aromatic carbocycles. The maximum Gasteiger partial charge on any atom is 0.205 e. The van der Waals surface area contributed by atoms with Gasteiger partial charge < -0.3 is 10.1 Å². The highest BCUT2D eigenvalue weighted by Gasteiger charge is 2.03. The number of hydrogen-bond acceptors (Lipinski definition) is 5. The molecule has 2 rings (SSSR count). The normalized spacial score (nSPS) is 10.5. The molecule has 0 bridgehead atoms. The molecule has 0 aliphatic rings. The third kappa shape index (κ3) is 4.23. The molecule has 0 saturated heterocycles. The SMILES string of the molecule is CNc1nnc(CCCOc2ccc(Cl)c(Cl)c2)s1. The van der Waals surface area contributed by atoms with Crippen molar-refractivity contribution >= 4 is 39.7 Å². The molecule has 2 aromatic rings. The molecule has 0 saturated carbocycles. The van der Waals surface area contributed by atoms with Crippen LogP contribution in [-0.4, -0.2) is 23.9 Å². The van der Waals surface area contributed by atoms with Gasteiger partial charge in [0.15, 0.2) is 0 Å². The zero-order chi connectivity index (χ0) is 13.7. The zero-order valence-electron chi connectivity index (χ0n) is 10.3. The van der Waals surface area contributed by atoms with Crippen molar-refractivity contribution in [3.05, 3.63) is 33.3 Å². The number of ether oxygens (including phenoxy) is 1. The van der Waals surface area contributed by atoms with Crippen LogP contribution in [0.5, 0.6) is 5.75 Å². The molecule has 19 heavy (non-hydrogen) atoms. The average Bonchev–Trinajstić information content (AvgIpc) is 2.87. The Labute approximate surface area is 125 Å². The highest BCUT2D eigenvalue weighted by Crippen LogP contribution is 2.26. The standard InChI is InChI=1S/C12H13Cl2N3OS/c1-15-12-17-16-11(19-12)3-2-6-18-8-4-5-9(13)10(14)7-8/h4-5,7H,2-3,6H2,1H3,(H,15,17). The van der Waals surface area contributed by atoms with Gasteiger partial charge in [0.25, 0.3) is 0 Å². The average molecular weight is 318 g/mol. The molecule has 0 unspecified atom stereocenters. The maximum atomic E-state index is 5.91. The van der Waals surface area contributed by atoms with Gasteiger partial charge in [-0.1, -0.05) is 34.5 Å². The lowest BCUT2D eigenvalue weighted by atomic mass is 10.3. The van der Waals surface area contributed by atoms with E-state index < -0.39 is 0 Å². The summed E-state index contributed by atoms with van der Waals surface area (Å²) in [5.41, 5.74) is 0. The van der Waals surface area contributed by atoms with Crippen LogP contribution in [0, 0.1) is 0 Å². The summed E-state index contributed by atoms with van der Waals surface area (Å²) in [6, 6.07) is 5.25. The third-order valence-electron chi connectivity index (χ3n) is 2.38. The first-order valence-corrected chi connectivity index (χ1v) is 7.34. The monoisotopic (exact) mass is 317 g/mol. The second-order valence-corrected chi connectivity index (χ2v) is 5.66. The van der Waals surface area contributed by atoms with Gasteiger partial charge in [-0.15, -0.1) is 10.2 Å². The summed E-state index contributed by atoms with van der Waals surface area (Å²) in [4.78, 5) is 0. The first-order chi connectivity index (χ1) is 9.19. The van der Waals surface area contributed by atoms with E-state index in [-0.39, 0.29) is 0 Å². The highest BCUT2D eigenvalue weighted by molar-refractivity contribution is 7.15. The molecule has 102 valence electrons. The number of aryl methyl sites for hydroxylation is 1. The second-order valence-electron chi connectivity index (χ2n) is 3.78. The lowest BCUT2D eigenvalue weighted by Gasteiger charge is -2.06. The van der Waals surface area contributed by atoms with E-state index in [2.05, 4.69) is 15.5 Å². The largest absolute Gasteiger partial charge is 0.494 e. The van der Waals surface area contributed by atoms with Crippen LogP contribution in [0.25, 0.3) is 0 Å². The minimum Gasteiger partial charge on any atom is -0.494 e. The summed E-state index contributed by atoms with van der Waals surface area (Å²) >= 11 is 13.3. The van der Waals surface area contributed by atoms with Gasteiger partial charge in [-0.2, -0.15) is 0 Å². The summed E-state index contributed by atoms with van der Waals surface area (Å²) in [7, 11) is 1.83. The van der Waals surface area contributed by atoms with Crippen LogP contribution in [-0.2, 0) is 6.42 Å². The van der Waals surface area contributed by atoms with E-state index in [0.717, 1.165) is 28.7 Å². The number of rotatable bonds is 6. The molecule has 0 aliphatic carbocycles. The maximum absolute atomic E-state index is 5.91. The van der Waals surface area contributed by atoms with E-state index in [0.29, 0.717) is 16.7 Å². The Morgan fingerprint density at radius 1 is 1.26 bits per heavy atom. The lowest BCUT2D eigenvalue weighted by Crippen LogP contribution is -1.99. The van der Waals surface area contributed by atoms with Crippen molar-refractivity contribution in [2.24, 2.45) is 0 Å². The Morgan fingerprint density at radius 2 is 2.11 bits per heavy atom. The van der Waals surface area contributed by atoms with E-state index in [4.69, 9.17) is 27.9 Å². The molecule has 4 nitrogen and oxygen atoms in total. The van der Waals surface area contributed by atoms with Crippen LogP contribution in [0.15, 0.2) is 18.2 Å². The fourth-order valence-electron chi connectivity index (χ4n) is 1.44. The quantitative estimate of drug-likeness (QED) is 0.821. The molecule has 7 heteroatoms. The second kappa shape index (κ2) is 6.93. The molecule has 0 atom stereocenters. The van der Waals surface area contributed by atoms with Crippen molar-refractivity contribution in [3.63, 3.8) is 0 Å². The van der Waals surface area contributed by atoms with Gasteiger partial charge in [0, 0.05) is 19.5 Å². The summed E-state index contributed by atoms with van der Waals surface area (Å²) in [6.07, 6.45) is 1.72. The molecule has 0 fully saturated rings. The van der Waals surface area contributed by atoms with Crippen LogP contribution in [0.4, 0.5) is 5.13 Å². The Hall–Kier alpha value is -1.04. The van der Waals surface area contributed by atoms with Crippen LogP contribution >= 0.6 is 34.5 Å². The molecule has 1 heterocycles. The van der Waals surface area contributed by atoms with E-state index in [9.17, 15) is 0 Å². The van der Waals surface area contributed by atoms with E-state index in [1.807, 2.05) is 7.05 Å². The van der Waals surface area contributed by atoms with Crippen molar-refractivity contribution in [1.29, 1.82) is 0 Å². The summed E-state index contributed by atoms with van der Waals surface area (Å²) in [6.45, 7) is 0.604. The predicted molar refractivity (Wildman–Crippen MR) is 79.7 cm³/mol. The Kier molecular flexibility index (Phi) is 5.24. The zero-order valence-corrected chi connectivity index (χ0v) is 12.6. The van der Waals surface area contributed by atoms with Crippen molar-refractivity contribution in [3.8, 4) is 5.75 Å². The Balaban J connectivity index is 1.75. The van der Waals surface area contributed by atoms with Crippen molar-refractivity contribution < 1.29 is 4.74 Å². The smallest absolute Gasteiger partial charge is 0.205 e. The number of hydrogen-bond donors (Lipinski definition) is 1. The molecular formula is C12H13Cl2N3OS. The van der Waals surface area contributed by atoms with Crippen LogP contribution in [0.1, 0.15) is 11.4 Å². The molecule has 0 aliphatic heterocycles. The number of benzene rings is 1. The number of nitrogens with zero attached hydrogens (tertiary/aromatic N) is 2.